The Balaban J connectivity index is 1.36. The molecule has 2 unspecified atom stereocenters. The number of morpholine rings is 1. The van der Waals surface area contributed by atoms with Crippen LogP contribution in [0.4, 0.5) is 0 Å². The van der Waals surface area contributed by atoms with Crippen molar-refractivity contribution in [3.8, 4) is 16.9 Å². The van der Waals surface area contributed by atoms with Crippen LogP contribution >= 0.6 is 11.8 Å². The Hall–Kier alpha value is -3.25. The van der Waals surface area contributed by atoms with Gasteiger partial charge in [0, 0.05) is 43.5 Å². The van der Waals surface area contributed by atoms with Crippen LogP contribution in [0.25, 0.3) is 23.0 Å². The number of para-hydroxylation sites is 1. The number of aromatic nitrogens is 2. The van der Waals surface area contributed by atoms with Gasteiger partial charge in [-0.25, -0.2) is 13.1 Å². The van der Waals surface area contributed by atoms with E-state index in [-0.39, 0.29) is 23.0 Å². The smallest absolute Gasteiger partial charge is 0.286 e. The minimum Gasteiger partial charge on any atom is -0.372 e. The van der Waals surface area contributed by atoms with Crippen molar-refractivity contribution < 1.29 is 17.9 Å². The van der Waals surface area contributed by atoms with Gasteiger partial charge in [0.2, 0.25) is 10.0 Å². The second-order valence-electron chi connectivity index (χ2n) is 10.7. The predicted molar refractivity (Wildman–Crippen MR) is 161 cm³/mol. The summed E-state index contributed by atoms with van der Waals surface area (Å²) in [4.78, 5) is 20.2. The fraction of sp³-hybridized carbons (Fsp3) is 0.367. The van der Waals surface area contributed by atoms with Crippen LogP contribution in [0.1, 0.15) is 38.7 Å². The van der Waals surface area contributed by atoms with E-state index in [9.17, 15) is 13.2 Å². The first kappa shape index (κ1) is 27.9. The molecule has 1 amide bonds. The van der Waals surface area contributed by atoms with Crippen molar-refractivity contribution in [3.63, 3.8) is 0 Å². The lowest BCUT2D eigenvalue weighted by Gasteiger charge is -2.35. The number of ether oxygens (including phenoxy) is 1. The maximum absolute atomic E-state index is 13.4. The standard InChI is InChI=1S/C30H33N5O4S2/c1-21-18-33(19-22(2)39-21)30-31-29(36)27(40-30)17-24-20-35(25-11-5-3-6-12-25)32-28(24)23-10-9-13-26(16-23)41(37,38)34-14-7-4-8-15-34/h3,5-6,9-13,16-17,20-22H,4,7-8,14-15,18-19H2,1-2H3/b27-17-. The topological polar surface area (TPSA) is 97.1 Å². The third kappa shape index (κ3) is 5.90. The van der Waals surface area contributed by atoms with Gasteiger partial charge in [0.15, 0.2) is 5.17 Å². The summed E-state index contributed by atoms with van der Waals surface area (Å²) in [6.45, 7) is 6.46. The second-order valence-corrected chi connectivity index (χ2v) is 13.6. The Kier molecular flexibility index (Phi) is 7.86. The predicted octanol–water partition coefficient (Wildman–Crippen LogP) is 4.79. The number of sulfonamides is 1. The molecule has 11 heteroatoms. The van der Waals surface area contributed by atoms with E-state index in [2.05, 4.69) is 9.89 Å². The van der Waals surface area contributed by atoms with Gasteiger partial charge < -0.3 is 9.64 Å². The quantitative estimate of drug-likeness (QED) is 0.394. The molecule has 214 valence electrons. The number of thioether (sulfide) groups is 1. The number of hydrogen-bond donors (Lipinski definition) is 0. The zero-order valence-electron chi connectivity index (χ0n) is 23.1. The summed E-state index contributed by atoms with van der Waals surface area (Å²) in [6.07, 6.45) is 6.57. The number of carbonyl (C=O) groups is 1. The van der Waals surface area contributed by atoms with Crippen molar-refractivity contribution in [2.45, 2.75) is 50.2 Å². The highest BCUT2D eigenvalue weighted by atomic mass is 32.2. The third-order valence-electron chi connectivity index (χ3n) is 7.41. The Morgan fingerprint density at radius 3 is 2.44 bits per heavy atom. The zero-order chi connectivity index (χ0) is 28.6. The van der Waals surface area contributed by atoms with Gasteiger partial charge in [-0.05, 0) is 68.8 Å². The third-order valence-corrected chi connectivity index (χ3v) is 10.3. The second kappa shape index (κ2) is 11.6. The minimum atomic E-state index is -3.62. The molecule has 0 spiro atoms. The first-order valence-corrected chi connectivity index (χ1v) is 16.2. The molecule has 2 saturated heterocycles. The Morgan fingerprint density at radius 2 is 1.71 bits per heavy atom. The molecule has 2 aromatic carbocycles. The summed E-state index contributed by atoms with van der Waals surface area (Å²) in [5.74, 6) is -0.295. The highest BCUT2D eigenvalue weighted by Gasteiger charge is 2.32. The van der Waals surface area contributed by atoms with Crippen LogP contribution in [0.3, 0.4) is 0 Å². The number of hydrogen-bond acceptors (Lipinski definition) is 7. The summed E-state index contributed by atoms with van der Waals surface area (Å²) < 4.78 is 36.1. The minimum absolute atomic E-state index is 0.0504. The number of benzene rings is 2. The van der Waals surface area contributed by atoms with Crippen LogP contribution in [0.5, 0.6) is 0 Å². The number of aliphatic imine (C=N–C) groups is 1. The molecular formula is C30H33N5O4S2. The normalized spacial score (nSPS) is 23.3. The van der Waals surface area contributed by atoms with E-state index < -0.39 is 10.0 Å². The lowest BCUT2D eigenvalue weighted by atomic mass is 10.1. The lowest BCUT2D eigenvalue weighted by Crippen LogP contribution is -2.47. The Bertz CT molecular complexity index is 1600. The number of piperidine rings is 1. The number of carbonyl (C=O) groups excluding carboxylic acids is 1. The molecule has 0 bridgehead atoms. The van der Waals surface area contributed by atoms with Crippen LogP contribution in [0.2, 0.25) is 0 Å². The number of nitrogens with zero attached hydrogens (tertiary/aromatic N) is 5. The molecule has 0 saturated carbocycles. The Morgan fingerprint density at radius 1 is 0.976 bits per heavy atom. The van der Waals surface area contributed by atoms with Crippen molar-refractivity contribution in [2.75, 3.05) is 26.2 Å². The molecular weight excluding hydrogens is 558 g/mol. The fourth-order valence-electron chi connectivity index (χ4n) is 5.50. The molecule has 41 heavy (non-hydrogen) atoms. The number of amidine groups is 1. The molecule has 0 radical (unpaired) electrons. The van der Waals surface area contributed by atoms with E-state index in [0.717, 1.165) is 24.9 Å². The molecule has 4 heterocycles. The van der Waals surface area contributed by atoms with E-state index in [1.165, 1.54) is 11.8 Å². The molecule has 1 aromatic heterocycles. The molecule has 2 atom stereocenters. The number of rotatable bonds is 5. The number of amides is 1. The summed E-state index contributed by atoms with van der Waals surface area (Å²) in [5.41, 5.74) is 2.82. The Labute approximate surface area is 244 Å². The summed E-state index contributed by atoms with van der Waals surface area (Å²) in [5, 5.41) is 5.54. The average molecular weight is 592 g/mol. The summed E-state index contributed by atoms with van der Waals surface area (Å²) in [7, 11) is -3.62. The van der Waals surface area contributed by atoms with Gasteiger partial charge in [-0.2, -0.15) is 14.4 Å². The van der Waals surface area contributed by atoms with Gasteiger partial charge in [-0.1, -0.05) is 36.8 Å². The fourth-order valence-corrected chi connectivity index (χ4v) is 7.98. The van der Waals surface area contributed by atoms with Crippen molar-refractivity contribution in [1.82, 2.24) is 19.0 Å². The van der Waals surface area contributed by atoms with Crippen molar-refractivity contribution >= 4 is 38.9 Å². The van der Waals surface area contributed by atoms with Crippen LogP contribution in [0.15, 0.2) is 75.6 Å². The van der Waals surface area contributed by atoms with Crippen molar-refractivity contribution in [2.24, 2.45) is 4.99 Å². The van der Waals surface area contributed by atoms with Gasteiger partial charge in [0.05, 0.1) is 27.7 Å². The first-order valence-electron chi connectivity index (χ1n) is 14.0. The molecule has 0 aliphatic carbocycles. The maximum atomic E-state index is 13.4. The van der Waals surface area contributed by atoms with Crippen LogP contribution in [0, 0.1) is 0 Å². The van der Waals surface area contributed by atoms with Crippen LogP contribution in [-0.2, 0) is 19.6 Å². The highest BCUT2D eigenvalue weighted by molar-refractivity contribution is 8.18. The van der Waals surface area contributed by atoms with E-state index in [1.54, 1.807) is 27.2 Å². The first-order chi connectivity index (χ1) is 19.8. The molecule has 0 N–H and O–H groups in total. The van der Waals surface area contributed by atoms with Gasteiger partial charge in [0.25, 0.3) is 5.91 Å². The lowest BCUT2D eigenvalue weighted by molar-refractivity contribution is -0.113. The van der Waals surface area contributed by atoms with Crippen molar-refractivity contribution in [3.05, 3.63) is 71.3 Å². The SMILES string of the molecule is CC1CN(C2=NC(=O)/C(=C/c3cn(-c4ccccc4)nc3-c3cccc(S(=O)(=O)N4CCCCC4)c3)S2)CC(C)O1. The van der Waals surface area contributed by atoms with Gasteiger partial charge in [0.1, 0.15) is 5.69 Å². The van der Waals surface area contributed by atoms with Gasteiger partial charge in [-0.15, -0.1) is 0 Å². The summed E-state index contributed by atoms with van der Waals surface area (Å²) in [6, 6.07) is 16.6. The van der Waals surface area contributed by atoms with Gasteiger partial charge in [-0.3, -0.25) is 4.79 Å². The average Bonchev–Trinajstić information content (AvgIpc) is 3.57. The molecule has 3 aliphatic rings. The van der Waals surface area contributed by atoms with Crippen LogP contribution < -0.4 is 0 Å². The van der Waals surface area contributed by atoms with E-state index in [4.69, 9.17) is 9.84 Å². The highest BCUT2D eigenvalue weighted by Crippen LogP contribution is 2.35. The molecule has 6 rings (SSSR count). The maximum Gasteiger partial charge on any atom is 0.286 e. The molecule has 3 aliphatic heterocycles. The zero-order valence-corrected chi connectivity index (χ0v) is 24.8. The van der Waals surface area contributed by atoms with Crippen LogP contribution in [-0.4, -0.2) is 76.9 Å². The van der Waals surface area contributed by atoms with Crippen molar-refractivity contribution in [1.29, 1.82) is 0 Å². The summed E-state index contributed by atoms with van der Waals surface area (Å²) >= 11 is 1.35. The van der Waals surface area contributed by atoms with E-state index in [1.807, 2.05) is 62.5 Å². The van der Waals surface area contributed by atoms with Gasteiger partial charge >= 0.3 is 0 Å². The molecule has 2 fully saturated rings. The largest absolute Gasteiger partial charge is 0.372 e. The monoisotopic (exact) mass is 591 g/mol. The molecule has 3 aromatic rings. The van der Waals surface area contributed by atoms with E-state index >= 15 is 0 Å². The van der Waals surface area contributed by atoms with E-state index in [0.29, 0.717) is 53.1 Å². The molecule has 9 nitrogen and oxygen atoms in total.